The predicted octanol–water partition coefficient (Wildman–Crippen LogP) is 2.80. The lowest BCUT2D eigenvalue weighted by atomic mass is 10.2. The van der Waals surface area contributed by atoms with Crippen molar-refractivity contribution < 1.29 is 19.2 Å². The summed E-state index contributed by atoms with van der Waals surface area (Å²) in [6.45, 7) is 0. The summed E-state index contributed by atoms with van der Waals surface area (Å²) >= 11 is 5.88. The van der Waals surface area contributed by atoms with Crippen LogP contribution in [-0.4, -0.2) is 23.0 Å². The molecule has 2 N–H and O–H groups in total. The molecule has 1 aromatic heterocycles. The maximum absolute atomic E-state index is 11.3. The van der Waals surface area contributed by atoms with Crippen LogP contribution >= 0.6 is 11.6 Å². The molecule has 22 heavy (non-hydrogen) atoms. The van der Waals surface area contributed by atoms with Crippen LogP contribution in [-0.2, 0) is 4.74 Å². The zero-order valence-electron chi connectivity index (χ0n) is 11.3. The first kappa shape index (κ1) is 15.5. The topological polar surface area (TPSA) is 118 Å². The number of nitro groups is 1. The van der Waals surface area contributed by atoms with Crippen molar-refractivity contribution in [3.05, 3.63) is 51.2 Å². The summed E-state index contributed by atoms with van der Waals surface area (Å²) in [6.07, 6.45) is 1.15. The molecule has 2 aromatic rings. The van der Waals surface area contributed by atoms with E-state index in [9.17, 15) is 14.9 Å². The molecule has 0 aliphatic rings. The highest BCUT2D eigenvalue weighted by Crippen LogP contribution is 2.40. The third-order valence-electron chi connectivity index (χ3n) is 2.67. The Bertz CT molecular complexity index is 733. The number of nitrogens with zero attached hydrogens (tertiary/aromatic N) is 2. The van der Waals surface area contributed by atoms with Gasteiger partial charge in [-0.2, -0.15) is 0 Å². The van der Waals surface area contributed by atoms with Gasteiger partial charge in [0.1, 0.15) is 10.8 Å². The number of hydrogen-bond acceptors (Lipinski definition) is 7. The molecule has 2 rings (SSSR count). The van der Waals surface area contributed by atoms with E-state index in [2.05, 4.69) is 9.72 Å². The molecule has 0 spiro atoms. The number of benzene rings is 1. The SMILES string of the molecule is COC(=O)c1ccc(Oc2c(Cl)cnc(N)c2[N+](=O)[O-])cc1. The summed E-state index contributed by atoms with van der Waals surface area (Å²) in [4.78, 5) is 25.3. The van der Waals surface area contributed by atoms with Crippen molar-refractivity contribution in [3.63, 3.8) is 0 Å². The molecule has 0 atom stereocenters. The zero-order valence-corrected chi connectivity index (χ0v) is 12.0. The van der Waals surface area contributed by atoms with Crippen LogP contribution in [0.4, 0.5) is 11.5 Å². The first-order chi connectivity index (χ1) is 10.4. The zero-order chi connectivity index (χ0) is 16.3. The number of esters is 1. The van der Waals surface area contributed by atoms with Crippen LogP contribution in [0.3, 0.4) is 0 Å². The van der Waals surface area contributed by atoms with Crippen molar-refractivity contribution >= 4 is 29.1 Å². The molecular weight excluding hydrogens is 314 g/mol. The van der Waals surface area contributed by atoms with Crippen LogP contribution < -0.4 is 10.5 Å². The van der Waals surface area contributed by atoms with Crippen molar-refractivity contribution in [2.45, 2.75) is 0 Å². The third kappa shape index (κ3) is 3.07. The fraction of sp³-hybridized carbons (Fsp3) is 0.0769. The average molecular weight is 324 g/mol. The number of rotatable bonds is 4. The van der Waals surface area contributed by atoms with E-state index in [1.165, 1.54) is 31.4 Å². The lowest BCUT2D eigenvalue weighted by molar-refractivity contribution is -0.384. The monoisotopic (exact) mass is 323 g/mol. The number of pyridine rings is 1. The van der Waals surface area contributed by atoms with Crippen LogP contribution in [0.25, 0.3) is 0 Å². The van der Waals surface area contributed by atoms with Gasteiger partial charge in [-0.25, -0.2) is 9.78 Å². The minimum Gasteiger partial charge on any atom is -0.465 e. The molecule has 0 bridgehead atoms. The second-order valence-corrected chi connectivity index (χ2v) is 4.45. The molecule has 1 heterocycles. The second kappa shape index (κ2) is 6.27. The Labute approximate surface area is 129 Å². The molecule has 0 aliphatic carbocycles. The van der Waals surface area contributed by atoms with Crippen LogP contribution in [0.1, 0.15) is 10.4 Å². The van der Waals surface area contributed by atoms with Gasteiger partial charge in [0.2, 0.25) is 11.6 Å². The van der Waals surface area contributed by atoms with Crippen molar-refractivity contribution in [2.24, 2.45) is 0 Å². The van der Waals surface area contributed by atoms with Gasteiger partial charge >= 0.3 is 11.7 Å². The van der Waals surface area contributed by atoms with E-state index in [1.54, 1.807) is 0 Å². The first-order valence-electron chi connectivity index (χ1n) is 5.88. The number of aromatic nitrogens is 1. The summed E-state index contributed by atoms with van der Waals surface area (Å²) < 4.78 is 9.97. The van der Waals surface area contributed by atoms with Crippen molar-refractivity contribution in [3.8, 4) is 11.5 Å². The van der Waals surface area contributed by atoms with E-state index in [0.29, 0.717) is 5.56 Å². The molecule has 114 valence electrons. The summed E-state index contributed by atoms with van der Waals surface area (Å²) in [5.74, 6) is -0.799. The quantitative estimate of drug-likeness (QED) is 0.522. The van der Waals surface area contributed by atoms with Gasteiger partial charge in [-0.1, -0.05) is 11.6 Å². The van der Waals surface area contributed by atoms with Gasteiger partial charge in [0.15, 0.2) is 0 Å². The molecule has 0 radical (unpaired) electrons. The molecule has 8 nitrogen and oxygen atoms in total. The van der Waals surface area contributed by atoms with Crippen molar-refractivity contribution in [1.82, 2.24) is 4.98 Å². The summed E-state index contributed by atoms with van der Waals surface area (Å²) in [5, 5.41) is 11.0. The number of halogens is 1. The third-order valence-corrected chi connectivity index (χ3v) is 2.94. The van der Waals surface area contributed by atoms with Gasteiger partial charge in [0.25, 0.3) is 0 Å². The molecule has 0 amide bonds. The largest absolute Gasteiger partial charge is 0.465 e. The van der Waals surface area contributed by atoms with E-state index in [4.69, 9.17) is 22.1 Å². The highest BCUT2D eigenvalue weighted by Gasteiger charge is 2.25. The fourth-order valence-corrected chi connectivity index (χ4v) is 1.82. The molecule has 0 saturated heterocycles. The number of anilines is 1. The van der Waals surface area contributed by atoms with E-state index >= 15 is 0 Å². The Morgan fingerprint density at radius 2 is 2.00 bits per heavy atom. The summed E-state index contributed by atoms with van der Waals surface area (Å²) in [6, 6.07) is 5.79. The number of ether oxygens (including phenoxy) is 2. The second-order valence-electron chi connectivity index (χ2n) is 4.04. The standard InChI is InChI=1S/C13H10ClN3O5/c1-21-13(18)7-2-4-8(5-3-7)22-11-9(14)6-16-12(15)10(11)17(19)20/h2-6H,1H3,(H2,15,16). The number of carbonyl (C=O) groups is 1. The Hall–Kier alpha value is -2.87. The first-order valence-corrected chi connectivity index (χ1v) is 6.26. The minimum absolute atomic E-state index is 0.0575. The average Bonchev–Trinajstić information content (AvgIpc) is 2.50. The Morgan fingerprint density at radius 3 is 2.55 bits per heavy atom. The fourth-order valence-electron chi connectivity index (χ4n) is 1.64. The predicted molar refractivity (Wildman–Crippen MR) is 78.2 cm³/mol. The Balaban J connectivity index is 2.37. The van der Waals surface area contributed by atoms with E-state index < -0.39 is 16.6 Å². The summed E-state index contributed by atoms with van der Waals surface area (Å²) in [5.41, 5.74) is 5.26. The van der Waals surface area contributed by atoms with Crippen LogP contribution in [0, 0.1) is 10.1 Å². The van der Waals surface area contributed by atoms with Crippen LogP contribution in [0.15, 0.2) is 30.5 Å². The summed E-state index contributed by atoms with van der Waals surface area (Å²) in [7, 11) is 1.26. The van der Waals surface area contributed by atoms with Gasteiger partial charge in [0, 0.05) is 0 Å². The smallest absolute Gasteiger partial charge is 0.354 e. The van der Waals surface area contributed by atoms with Crippen LogP contribution in [0.5, 0.6) is 11.5 Å². The number of hydrogen-bond donors (Lipinski definition) is 1. The maximum Gasteiger partial charge on any atom is 0.354 e. The highest BCUT2D eigenvalue weighted by atomic mass is 35.5. The van der Waals surface area contributed by atoms with Gasteiger partial charge < -0.3 is 15.2 Å². The maximum atomic E-state index is 11.3. The number of nitrogen functional groups attached to an aromatic ring is 1. The van der Waals surface area contributed by atoms with Crippen molar-refractivity contribution in [1.29, 1.82) is 0 Å². The number of carbonyl (C=O) groups excluding carboxylic acids is 1. The molecule has 0 fully saturated rings. The lowest BCUT2D eigenvalue weighted by Gasteiger charge is -2.09. The van der Waals surface area contributed by atoms with Gasteiger partial charge in [0.05, 0.1) is 23.8 Å². The highest BCUT2D eigenvalue weighted by molar-refractivity contribution is 6.32. The van der Waals surface area contributed by atoms with Crippen molar-refractivity contribution in [2.75, 3.05) is 12.8 Å². The van der Waals surface area contributed by atoms with E-state index in [0.717, 1.165) is 6.20 Å². The molecule has 1 aromatic carbocycles. The van der Waals surface area contributed by atoms with E-state index in [-0.39, 0.29) is 22.3 Å². The Morgan fingerprint density at radius 1 is 1.36 bits per heavy atom. The van der Waals surface area contributed by atoms with Gasteiger partial charge in [-0.3, -0.25) is 10.1 Å². The van der Waals surface area contributed by atoms with Crippen LogP contribution in [0.2, 0.25) is 5.02 Å². The van der Waals surface area contributed by atoms with E-state index in [1.807, 2.05) is 0 Å². The molecular formula is C13H10ClN3O5. The lowest BCUT2D eigenvalue weighted by Crippen LogP contribution is -2.02. The molecule has 0 unspecified atom stereocenters. The van der Waals surface area contributed by atoms with Gasteiger partial charge in [-0.15, -0.1) is 0 Å². The Kier molecular flexibility index (Phi) is 4.42. The number of nitrogens with two attached hydrogens (primary N) is 1. The van der Waals surface area contributed by atoms with Gasteiger partial charge in [-0.05, 0) is 24.3 Å². The molecule has 9 heteroatoms. The molecule has 0 aliphatic heterocycles. The normalized spacial score (nSPS) is 10.1. The minimum atomic E-state index is -0.730. The molecule has 0 saturated carbocycles. The number of methoxy groups -OCH3 is 1.